The van der Waals surface area contributed by atoms with Crippen LogP contribution < -0.4 is 20.1 Å². The molecule has 0 fully saturated rings. The molecule has 2 N–H and O–H groups in total. The van der Waals surface area contributed by atoms with E-state index in [0.717, 1.165) is 5.56 Å². The zero-order valence-electron chi connectivity index (χ0n) is 17.8. The monoisotopic (exact) mass is 481 g/mol. The predicted molar refractivity (Wildman–Crippen MR) is 132 cm³/mol. The molecule has 0 aliphatic heterocycles. The van der Waals surface area contributed by atoms with Gasteiger partial charge < -0.3 is 19.2 Å². The van der Waals surface area contributed by atoms with E-state index in [1.165, 1.54) is 0 Å². The lowest BCUT2D eigenvalue weighted by Crippen LogP contribution is -2.34. The van der Waals surface area contributed by atoms with Gasteiger partial charge in [0.2, 0.25) is 5.89 Å². The van der Waals surface area contributed by atoms with E-state index in [1.54, 1.807) is 61.7 Å². The van der Waals surface area contributed by atoms with Crippen LogP contribution in [0.25, 0.3) is 22.6 Å². The number of ether oxygens (including phenoxy) is 2. The summed E-state index contributed by atoms with van der Waals surface area (Å²) in [7, 11) is 1.56. The van der Waals surface area contributed by atoms with Gasteiger partial charge in [0, 0.05) is 16.8 Å². The molecule has 0 unspecified atom stereocenters. The van der Waals surface area contributed by atoms with Crippen LogP contribution in [0.5, 0.6) is 11.5 Å². The van der Waals surface area contributed by atoms with Crippen molar-refractivity contribution in [3.05, 3.63) is 71.2 Å². The van der Waals surface area contributed by atoms with Crippen LogP contribution in [0.4, 0.5) is 5.69 Å². The van der Waals surface area contributed by atoms with Crippen molar-refractivity contribution in [3.8, 4) is 23.0 Å². The molecule has 4 rings (SSSR count). The van der Waals surface area contributed by atoms with Crippen LogP contribution in [0, 0.1) is 0 Å². The third-order valence-corrected chi connectivity index (χ3v) is 5.20. The number of hydrogen-bond acceptors (Lipinski definition) is 6. The molecule has 4 aromatic rings. The number of rotatable bonds is 6. The topological polar surface area (TPSA) is 85.6 Å². The van der Waals surface area contributed by atoms with Crippen molar-refractivity contribution >= 4 is 51.6 Å². The van der Waals surface area contributed by atoms with Crippen LogP contribution in [0.1, 0.15) is 17.3 Å². The molecule has 0 saturated carbocycles. The highest BCUT2D eigenvalue weighted by atomic mass is 35.5. The Balaban J connectivity index is 1.44. The average molecular weight is 482 g/mol. The van der Waals surface area contributed by atoms with E-state index in [1.807, 2.05) is 13.0 Å². The molecule has 168 valence electrons. The van der Waals surface area contributed by atoms with Crippen molar-refractivity contribution in [2.24, 2.45) is 0 Å². The summed E-state index contributed by atoms with van der Waals surface area (Å²) in [6, 6.07) is 17.5. The normalized spacial score (nSPS) is 10.6. The summed E-state index contributed by atoms with van der Waals surface area (Å²) < 4.78 is 16.4. The maximum Gasteiger partial charge on any atom is 0.257 e. The second kappa shape index (κ2) is 9.89. The number of methoxy groups -OCH3 is 1. The van der Waals surface area contributed by atoms with E-state index >= 15 is 0 Å². The van der Waals surface area contributed by atoms with Gasteiger partial charge in [0.1, 0.15) is 17.0 Å². The average Bonchev–Trinajstić information content (AvgIpc) is 3.23. The second-order valence-corrected chi connectivity index (χ2v) is 7.73. The number of carbonyl (C=O) groups is 1. The Hall–Kier alpha value is -3.62. The van der Waals surface area contributed by atoms with Crippen LogP contribution >= 0.6 is 23.8 Å². The van der Waals surface area contributed by atoms with E-state index in [-0.39, 0.29) is 11.0 Å². The molecule has 0 aliphatic carbocycles. The lowest BCUT2D eigenvalue weighted by atomic mass is 10.2. The van der Waals surface area contributed by atoms with Gasteiger partial charge in [0.05, 0.1) is 18.7 Å². The second-order valence-electron chi connectivity index (χ2n) is 6.92. The molecule has 0 atom stereocenters. The first kappa shape index (κ1) is 22.6. The molecule has 7 nitrogen and oxygen atoms in total. The molecular weight excluding hydrogens is 462 g/mol. The molecule has 33 heavy (non-hydrogen) atoms. The van der Waals surface area contributed by atoms with Crippen molar-refractivity contribution in [2.45, 2.75) is 6.92 Å². The fourth-order valence-electron chi connectivity index (χ4n) is 3.13. The number of carbonyl (C=O) groups excluding carboxylic acids is 1. The number of nitrogens with one attached hydrogen (secondary N) is 2. The molecule has 3 aromatic carbocycles. The number of hydrogen-bond donors (Lipinski definition) is 2. The first-order chi connectivity index (χ1) is 16.0. The molecule has 1 aromatic heterocycles. The third kappa shape index (κ3) is 5.24. The number of benzene rings is 3. The lowest BCUT2D eigenvalue weighted by molar-refractivity contribution is 0.0977. The minimum atomic E-state index is -0.322. The summed E-state index contributed by atoms with van der Waals surface area (Å²) in [5, 5.41) is 6.29. The highest BCUT2D eigenvalue weighted by molar-refractivity contribution is 7.80. The number of nitrogens with zero attached hydrogens (tertiary/aromatic N) is 1. The van der Waals surface area contributed by atoms with Gasteiger partial charge in [0.15, 0.2) is 10.7 Å². The van der Waals surface area contributed by atoms with Gasteiger partial charge in [-0.3, -0.25) is 10.1 Å². The van der Waals surface area contributed by atoms with Gasteiger partial charge >= 0.3 is 0 Å². The van der Waals surface area contributed by atoms with E-state index in [9.17, 15) is 4.79 Å². The summed E-state index contributed by atoms with van der Waals surface area (Å²) in [4.78, 5) is 17.0. The Morgan fingerprint density at radius 2 is 1.91 bits per heavy atom. The summed E-state index contributed by atoms with van der Waals surface area (Å²) in [6.07, 6.45) is 0. The van der Waals surface area contributed by atoms with Crippen molar-refractivity contribution in [3.63, 3.8) is 0 Å². The molecule has 0 spiro atoms. The van der Waals surface area contributed by atoms with Crippen LogP contribution in [0.2, 0.25) is 5.02 Å². The van der Waals surface area contributed by atoms with Gasteiger partial charge in [-0.1, -0.05) is 11.6 Å². The van der Waals surface area contributed by atoms with Gasteiger partial charge in [-0.25, -0.2) is 4.98 Å². The fraction of sp³-hybridized carbons (Fsp3) is 0.125. The zero-order valence-corrected chi connectivity index (χ0v) is 19.4. The quantitative estimate of drug-likeness (QED) is 0.342. The Bertz CT molecular complexity index is 1320. The maximum absolute atomic E-state index is 12.4. The highest BCUT2D eigenvalue weighted by Gasteiger charge is 2.13. The van der Waals surface area contributed by atoms with Crippen molar-refractivity contribution in [1.29, 1.82) is 0 Å². The fourth-order valence-corrected chi connectivity index (χ4v) is 3.60. The summed E-state index contributed by atoms with van der Waals surface area (Å²) in [5.41, 5.74) is 3.09. The molecule has 0 aliphatic rings. The number of oxazole rings is 1. The summed E-state index contributed by atoms with van der Waals surface area (Å²) >= 11 is 11.5. The van der Waals surface area contributed by atoms with Crippen LogP contribution in [0.15, 0.2) is 65.1 Å². The SMILES string of the molecule is CCOc1ccc(C(=O)NC(=S)Nc2ccc3oc(-c4ccc(OC)c(Cl)c4)nc3c2)cc1. The Morgan fingerprint density at radius 1 is 1.12 bits per heavy atom. The molecule has 1 heterocycles. The van der Waals surface area contributed by atoms with Crippen LogP contribution in [0.3, 0.4) is 0 Å². The Morgan fingerprint density at radius 3 is 2.61 bits per heavy atom. The third-order valence-electron chi connectivity index (χ3n) is 4.70. The van der Waals surface area contributed by atoms with Crippen molar-refractivity contribution in [2.75, 3.05) is 19.0 Å². The van der Waals surface area contributed by atoms with Gasteiger partial charge in [-0.15, -0.1) is 0 Å². The minimum absolute atomic E-state index is 0.166. The highest BCUT2D eigenvalue weighted by Crippen LogP contribution is 2.32. The number of fused-ring (bicyclic) bond motifs is 1. The predicted octanol–water partition coefficient (Wildman–Crippen LogP) is 5.68. The van der Waals surface area contributed by atoms with Crippen LogP contribution in [-0.2, 0) is 0 Å². The first-order valence-electron chi connectivity index (χ1n) is 10.1. The molecule has 0 saturated heterocycles. The molecule has 1 amide bonds. The van der Waals surface area contributed by atoms with Crippen molar-refractivity contribution in [1.82, 2.24) is 10.3 Å². The minimum Gasteiger partial charge on any atom is -0.495 e. The maximum atomic E-state index is 12.4. The summed E-state index contributed by atoms with van der Waals surface area (Å²) in [5.74, 6) is 1.38. The standard InChI is InChI=1S/C24H20ClN3O4S/c1-3-31-17-8-4-14(5-9-17)22(29)28-24(33)26-16-7-11-21-19(13-16)27-23(32-21)15-6-10-20(30-2)18(25)12-15/h4-13H,3H2,1-2H3,(H2,26,28,29,33). The molecule has 0 radical (unpaired) electrons. The number of amides is 1. The Kier molecular flexibility index (Phi) is 6.76. The van der Waals surface area contributed by atoms with E-state index in [0.29, 0.717) is 51.4 Å². The lowest BCUT2D eigenvalue weighted by Gasteiger charge is -2.10. The Labute approximate surface area is 200 Å². The van der Waals surface area contributed by atoms with Gasteiger partial charge in [-0.2, -0.15) is 0 Å². The van der Waals surface area contributed by atoms with E-state index in [2.05, 4.69) is 15.6 Å². The molecular formula is C24H20ClN3O4S. The largest absolute Gasteiger partial charge is 0.495 e. The summed E-state index contributed by atoms with van der Waals surface area (Å²) in [6.45, 7) is 2.46. The van der Waals surface area contributed by atoms with E-state index < -0.39 is 0 Å². The first-order valence-corrected chi connectivity index (χ1v) is 10.8. The number of halogens is 1. The van der Waals surface area contributed by atoms with Crippen molar-refractivity contribution < 1.29 is 18.7 Å². The zero-order chi connectivity index (χ0) is 23.4. The number of thiocarbonyl (C=S) groups is 1. The molecule has 0 bridgehead atoms. The number of anilines is 1. The smallest absolute Gasteiger partial charge is 0.257 e. The van der Waals surface area contributed by atoms with Crippen LogP contribution in [-0.4, -0.2) is 29.7 Å². The van der Waals surface area contributed by atoms with E-state index in [4.69, 9.17) is 37.7 Å². The van der Waals surface area contributed by atoms with Gasteiger partial charge in [0.25, 0.3) is 5.91 Å². The van der Waals surface area contributed by atoms with Gasteiger partial charge in [-0.05, 0) is 79.8 Å². The molecule has 9 heteroatoms. The number of aromatic nitrogens is 1.